The summed E-state index contributed by atoms with van der Waals surface area (Å²) in [7, 11) is 0. The van der Waals surface area contributed by atoms with E-state index in [1.54, 1.807) is 0 Å². The maximum Gasteiger partial charge on any atom is 0.0340 e. The van der Waals surface area contributed by atoms with E-state index in [-0.39, 0.29) is 0 Å². The molecule has 0 N–H and O–H groups in total. The van der Waals surface area contributed by atoms with Crippen molar-refractivity contribution in [3.8, 4) is 33.4 Å². The van der Waals surface area contributed by atoms with Crippen molar-refractivity contribution < 1.29 is 0 Å². The summed E-state index contributed by atoms with van der Waals surface area (Å²) in [6.07, 6.45) is 0. The second kappa shape index (κ2) is 10.4. The zero-order valence-electron chi connectivity index (χ0n) is 23.8. The van der Waals surface area contributed by atoms with Crippen molar-refractivity contribution in [1.29, 1.82) is 0 Å². The van der Waals surface area contributed by atoms with Gasteiger partial charge in [-0.25, -0.2) is 0 Å². The van der Waals surface area contributed by atoms with Crippen molar-refractivity contribution in [2.75, 3.05) is 0 Å². The van der Waals surface area contributed by atoms with Gasteiger partial charge < -0.3 is 0 Å². The van der Waals surface area contributed by atoms with Gasteiger partial charge >= 0.3 is 0 Å². The van der Waals surface area contributed by atoms with Crippen LogP contribution in [0.4, 0.5) is 0 Å². The second-order valence-electron chi connectivity index (χ2n) is 11.3. The molecule has 1 aliphatic rings. The van der Waals surface area contributed by atoms with Gasteiger partial charge in [0.1, 0.15) is 0 Å². The molecule has 1 heterocycles. The quantitative estimate of drug-likeness (QED) is 0.187. The van der Waals surface area contributed by atoms with Crippen molar-refractivity contribution in [2.24, 2.45) is 0 Å². The maximum absolute atomic E-state index is 2.40. The van der Waals surface area contributed by atoms with E-state index in [1.165, 1.54) is 85.3 Å². The Bertz CT molecular complexity index is 2350. The first-order valence-electron chi connectivity index (χ1n) is 14.9. The summed E-state index contributed by atoms with van der Waals surface area (Å²) in [6, 6.07) is 58.0. The zero-order chi connectivity index (χ0) is 29.0. The fourth-order valence-electron chi connectivity index (χ4n) is 6.61. The first kappa shape index (κ1) is 25.7. The standard InChI is InChI=1S/C42H26S2/c1-2-11-27(12-3-1)29-23-30(25-31(24-29)32-17-10-20-41-42(32)44-40-19-9-8-18-39(40)43-41)28-21-22-37-35-15-5-4-13-33(35)34-14-6-7-16-36(34)38(37)26-28/h1-26H. The van der Waals surface area contributed by atoms with E-state index in [0.29, 0.717) is 0 Å². The monoisotopic (exact) mass is 594 g/mol. The van der Waals surface area contributed by atoms with Gasteiger partial charge in [-0.2, -0.15) is 0 Å². The molecular weight excluding hydrogens is 569 g/mol. The molecule has 0 radical (unpaired) electrons. The van der Waals surface area contributed by atoms with E-state index in [9.17, 15) is 0 Å². The fraction of sp³-hybridized carbons (Fsp3) is 0. The summed E-state index contributed by atoms with van der Waals surface area (Å²) < 4.78 is 0. The third-order valence-electron chi connectivity index (χ3n) is 8.69. The highest BCUT2D eigenvalue weighted by atomic mass is 32.2. The molecular formula is C42H26S2. The first-order chi connectivity index (χ1) is 21.8. The summed E-state index contributed by atoms with van der Waals surface area (Å²) in [5.41, 5.74) is 7.44. The van der Waals surface area contributed by atoms with E-state index in [1.807, 2.05) is 23.5 Å². The molecule has 0 saturated carbocycles. The molecule has 0 bridgehead atoms. The number of hydrogen-bond acceptors (Lipinski definition) is 2. The first-order valence-corrected chi connectivity index (χ1v) is 16.6. The lowest BCUT2D eigenvalue weighted by Gasteiger charge is -2.21. The molecule has 0 amide bonds. The van der Waals surface area contributed by atoms with Crippen LogP contribution in [0.5, 0.6) is 0 Å². The highest BCUT2D eigenvalue weighted by molar-refractivity contribution is 8.05. The molecule has 0 fully saturated rings. The van der Waals surface area contributed by atoms with Gasteiger partial charge in [0.15, 0.2) is 0 Å². The minimum atomic E-state index is 1.23. The number of fused-ring (bicyclic) bond motifs is 8. The van der Waals surface area contributed by atoms with Gasteiger partial charge in [-0.05, 0) is 108 Å². The van der Waals surface area contributed by atoms with Gasteiger partial charge in [0, 0.05) is 19.6 Å². The topological polar surface area (TPSA) is 0 Å². The van der Waals surface area contributed by atoms with E-state index in [0.717, 1.165) is 0 Å². The van der Waals surface area contributed by atoms with Gasteiger partial charge in [0.25, 0.3) is 0 Å². The van der Waals surface area contributed by atoms with Crippen LogP contribution in [-0.4, -0.2) is 0 Å². The van der Waals surface area contributed by atoms with Crippen LogP contribution in [-0.2, 0) is 0 Å². The Morgan fingerprint density at radius 1 is 0.273 bits per heavy atom. The highest BCUT2D eigenvalue weighted by Crippen LogP contribution is 2.52. The van der Waals surface area contributed by atoms with Crippen LogP contribution in [0.25, 0.3) is 65.7 Å². The Hall–Kier alpha value is -4.76. The third-order valence-corrected chi connectivity index (χ3v) is 11.3. The zero-order valence-corrected chi connectivity index (χ0v) is 25.5. The molecule has 206 valence electrons. The number of hydrogen-bond donors (Lipinski definition) is 0. The van der Waals surface area contributed by atoms with Gasteiger partial charge in [0.2, 0.25) is 0 Å². The molecule has 0 unspecified atom stereocenters. The Morgan fingerprint density at radius 2 is 0.795 bits per heavy atom. The molecule has 8 aromatic rings. The summed E-state index contributed by atoms with van der Waals surface area (Å²) in [4.78, 5) is 5.31. The molecule has 8 aromatic carbocycles. The van der Waals surface area contributed by atoms with Crippen LogP contribution in [0.2, 0.25) is 0 Å². The Kier molecular flexibility index (Phi) is 6.11. The molecule has 1 aliphatic heterocycles. The summed E-state index contributed by atoms with van der Waals surface area (Å²) in [5, 5.41) is 7.81. The van der Waals surface area contributed by atoms with Crippen LogP contribution in [0.15, 0.2) is 177 Å². The van der Waals surface area contributed by atoms with Crippen LogP contribution in [0, 0.1) is 0 Å². The maximum atomic E-state index is 2.40. The van der Waals surface area contributed by atoms with Crippen molar-refractivity contribution >= 4 is 55.8 Å². The largest absolute Gasteiger partial charge is 0.0877 e. The van der Waals surface area contributed by atoms with E-state index >= 15 is 0 Å². The highest BCUT2D eigenvalue weighted by Gasteiger charge is 2.21. The molecule has 0 saturated heterocycles. The van der Waals surface area contributed by atoms with Gasteiger partial charge in [0.05, 0.1) is 0 Å². The van der Waals surface area contributed by atoms with Crippen LogP contribution in [0.3, 0.4) is 0 Å². The Morgan fingerprint density at radius 3 is 1.50 bits per heavy atom. The SMILES string of the molecule is c1ccc(-c2cc(-c3ccc4c5ccccc5c5ccccc5c4c3)cc(-c3cccc4c3Sc3ccccc3S4)c2)cc1. The van der Waals surface area contributed by atoms with Crippen LogP contribution < -0.4 is 0 Å². The minimum Gasteiger partial charge on any atom is -0.0877 e. The van der Waals surface area contributed by atoms with E-state index < -0.39 is 0 Å². The smallest absolute Gasteiger partial charge is 0.0340 e. The predicted molar refractivity (Wildman–Crippen MR) is 190 cm³/mol. The minimum absolute atomic E-state index is 1.23. The van der Waals surface area contributed by atoms with Gasteiger partial charge in [-0.3, -0.25) is 0 Å². The van der Waals surface area contributed by atoms with Gasteiger partial charge in [-0.1, -0.05) is 139 Å². The van der Waals surface area contributed by atoms with E-state index in [2.05, 4.69) is 158 Å². The van der Waals surface area contributed by atoms with Crippen molar-refractivity contribution in [3.63, 3.8) is 0 Å². The van der Waals surface area contributed by atoms with Crippen molar-refractivity contribution in [2.45, 2.75) is 19.6 Å². The molecule has 0 nitrogen and oxygen atoms in total. The average Bonchev–Trinajstić information content (AvgIpc) is 3.10. The van der Waals surface area contributed by atoms with Crippen LogP contribution >= 0.6 is 23.5 Å². The lowest BCUT2D eigenvalue weighted by Crippen LogP contribution is -1.93. The van der Waals surface area contributed by atoms with Crippen LogP contribution in [0.1, 0.15) is 0 Å². The third kappa shape index (κ3) is 4.25. The molecule has 0 aliphatic carbocycles. The van der Waals surface area contributed by atoms with Gasteiger partial charge in [-0.15, -0.1) is 0 Å². The summed E-state index contributed by atoms with van der Waals surface area (Å²) in [5.74, 6) is 0. The molecule has 44 heavy (non-hydrogen) atoms. The summed E-state index contributed by atoms with van der Waals surface area (Å²) in [6.45, 7) is 0. The number of rotatable bonds is 3. The lowest BCUT2D eigenvalue weighted by molar-refractivity contribution is 1.16. The molecule has 0 aromatic heterocycles. The van der Waals surface area contributed by atoms with Crippen molar-refractivity contribution in [1.82, 2.24) is 0 Å². The Labute approximate surface area is 265 Å². The molecule has 0 spiro atoms. The average molecular weight is 595 g/mol. The van der Waals surface area contributed by atoms with Crippen molar-refractivity contribution in [3.05, 3.63) is 158 Å². The number of benzene rings is 8. The Balaban J connectivity index is 1.27. The fourth-order valence-corrected chi connectivity index (χ4v) is 9.01. The predicted octanol–water partition coefficient (Wildman–Crippen LogP) is 12.8. The van der Waals surface area contributed by atoms with E-state index in [4.69, 9.17) is 0 Å². The normalized spacial score (nSPS) is 12.4. The molecule has 2 heteroatoms. The summed E-state index contributed by atoms with van der Waals surface area (Å²) >= 11 is 3.77. The second-order valence-corrected chi connectivity index (χ2v) is 13.4. The lowest BCUT2D eigenvalue weighted by atomic mass is 9.90. The molecule has 9 rings (SSSR count). The molecule has 0 atom stereocenters.